The van der Waals surface area contributed by atoms with Gasteiger partial charge in [0.1, 0.15) is 0 Å². The van der Waals surface area contributed by atoms with Gasteiger partial charge in [-0.25, -0.2) is 15.0 Å². The van der Waals surface area contributed by atoms with Crippen molar-refractivity contribution in [3.05, 3.63) is 212 Å². The van der Waals surface area contributed by atoms with Crippen molar-refractivity contribution in [3.8, 4) is 73.4 Å². The molecule has 0 amide bonds. The second kappa shape index (κ2) is 14.2. The van der Waals surface area contributed by atoms with Gasteiger partial charge in [0.2, 0.25) is 0 Å². The minimum atomic E-state index is -3.29. The average Bonchev–Trinajstić information content (AvgIpc) is 3.63. The molecule has 0 bridgehead atoms. The molecule has 1 aliphatic heterocycles. The second-order valence-electron chi connectivity index (χ2n) is 14.7. The predicted molar refractivity (Wildman–Crippen MR) is 242 cm³/mol. The standard InChI is InChI=1S/C53H35N4OP/c58-59(42-20-8-3-9-21-42)47-26-14-11-23-44(47)49-43-22-10-13-25-46(43)57(50(49)45-24-12-15-27-48(45)59)41-34-32-40(33-35-41)53-55-51(38-18-6-2-7-19-38)54-52(56-53)39-30-28-37(29-31-39)36-16-4-1-5-17-36/h1-35H. The van der Waals surface area contributed by atoms with Crippen molar-refractivity contribution in [2.75, 3.05) is 0 Å². The predicted octanol–water partition coefficient (Wildman–Crippen LogP) is 11.8. The lowest BCUT2D eigenvalue weighted by Crippen LogP contribution is -2.26. The molecular weight excluding hydrogens is 740 g/mol. The monoisotopic (exact) mass is 774 g/mol. The molecule has 59 heavy (non-hydrogen) atoms. The van der Waals surface area contributed by atoms with Crippen LogP contribution in [-0.2, 0) is 4.57 Å². The number of hydrogen-bond donors (Lipinski definition) is 0. The van der Waals surface area contributed by atoms with Crippen molar-refractivity contribution in [1.82, 2.24) is 19.5 Å². The highest BCUT2D eigenvalue weighted by Crippen LogP contribution is 2.54. The molecular formula is C53H35N4OP. The Labute approximate surface area is 342 Å². The second-order valence-corrected chi connectivity index (χ2v) is 17.4. The lowest BCUT2D eigenvalue weighted by Gasteiger charge is -2.22. The molecule has 278 valence electrons. The molecule has 0 fully saturated rings. The lowest BCUT2D eigenvalue weighted by molar-refractivity contribution is 0.592. The van der Waals surface area contributed by atoms with Gasteiger partial charge in [-0.3, -0.25) is 0 Å². The topological polar surface area (TPSA) is 60.7 Å². The number of rotatable bonds is 6. The van der Waals surface area contributed by atoms with Crippen LogP contribution in [0.2, 0.25) is 0 Å². The fraction of sp³-hybridized carbons (Fsp3) is 0. The van der Waals surface area contributed by atoms with Crippen molar-refractivity contribution in [2.45, 2.75) is 0 Å². The maximum Gasteiger partial charge on any atom is 0.172 e. The quantitative estimate of drug-likeness (QED) is 0.158. The Morgan fingerprint density at radius 3 is 1.42 bits per heavy atom. The van der Waals surface area contributed by atoms with E-state index in [0.29, 0.717) is 17.5 Å². The SMILES string of the molecule is O=P1(c2ccccc2)c2ccccc2-c2c(n(-c3ccc(-c4nc(-c5ccccc5)nc(-c5ccc(-c6ccccc6)cc5)n4)cc3)c3ccccc23)-c2ccccc21. The number of benzene rings is 8. The molecule has 3 heterocycles. The summed E-state index contributed by atoms with van der Waals surface area (Å²) in [5.74, 6) is 1.81. The van der Waals surface area contributed by atoms with E-state index in [1.807, 2.05) is 78.9 Å². The molecule has 0 saturated heterocycles. The molecule has 11 rings (SSSR count). The number of nitrogens with zero attached hydrogens (tertiary/aromatic N) is 4. The molecule has 8 aromatic carbocycles. The van der Waals surface area contributed by atoms with E-state index in [4.69, 9.17) is 15.0 Å². The first-order valence-corrected chi connectivity index (χ1v) is 21.4. The Morgan fingerprint density at radius 1 is 0.373 bits per heavy atom. The largest absolute Gasteiger partial charge is 0.309 e. The minimum Gasteiger partial charge on any atom is -0.309 e. The third kappa shape index (κ3) is 5.78. The van der Waals surface area contributed by atoms with Crippen LogP contribution in [0.4, 0.5) is 0 Å². The van der Waals surface area contributed by atoms with Gasteiger partial charge in [0.05, 0.1) is 11.2 Å². The normalized spacial score (nSPS) is 14.2. The molecule has 1 aliphatic rings. The maximum atomic E-state index is 16.0. The fourth-order valence-corrected chi connectivity index (χ4v) is 11.6. The van der Waals surface area contributed by atoms with Crippen LogP contribution in [0, 0.1) is 0 Å². The van der Waals surface area contributed by atoms with Gasteiger partial charge in [0.15, 0.2) is 24.6 Å². The lowest BCUT2D eigenvalue weighted by atomic mass is 9.98. The molecule has 1 unspecified atom stereocenters. The fourth-order valence-electron chi connectivity index (χ4n) is 8.54. The van der Waals surface area contributed by atoms with Gasteiger partial charge >= 0.3 is 0 Å². The van der Waals surface area contributed by atoms with E-state index in [1.165, 1.54) is 0 Å². The van der Waals surface area contributed by atoms with E-state index in [9.17, 15) is 0 Å². The van der Waals surface area contributed by atoms with Crippen molar-refractivity contribution >= 4 is 34.0 Å². The first kappa shape index (κ1) is 34.8. The van der Waals surface area contributed by atoms with Crippen LogP contribution in [0.25, 0.3) is 84.3 Å². The number of fused-ring (bicyclic) bond motifs is 7. The first-order chi connectivity index (χ1) is 29.1. The van der Waals surface area contributed by atoms with Crippen molar-refractivity contribution in [3.63, 3.8) is 0 Å². The van der Waals surface area contributed by atoms with Gasteiger partial charge < -0.3 is 9.13 Å². The van der Waals surface area contributed by atoms with Crippen molar-refractivity contribution in [1.29, 1.82) is 0 Å². The third-order valence-corrected chi connectivity index (χ3v) is 14.5. The molecule has 2 aromatic heterocycles. The summed E-state index contributed by atoms with van der Waals surface area (Å²) >= 11 is 0. The number of hydrogen-bond acceptors (Lipinski definition) is 4. The Balaban J connectivity index is 1.08. The number of para-hydroxylation sites is 1. The molecule has 0 saturated carbocycles. The summed E-state index contributed by atoms with van der Waals surface area (Å²) in [5.41, 5.74) is 11.1. The zero-order chi connectivity index (χ0) is 39.3. The van der Waals surface area contributed by atoms with E-state index < -0.39 is 7.14 Å². The smallest absolute Gasteiger partial charge is 0.172 e. The summed E-state index contributed by atoms with van der Waals surface area (Å²) < 4.78 is 18.3. The Kier molecular flexibility index (Phi) is 8.35. The maximum absolute atomic E-state index is 16.0. The summed E-state index contributed by atoms with van der Waals surface area (Å²) in [5, 5.41) is 3.61. The third-order valence-electron chi connectivity index (χ3n) is 11.3. The van der Waals surface area contributed by atoms with Crippen molar-refractivity contribution in [2.24, 2.45) is 0 Å². The summed E-state index contributed by atoms with van der Waals surface area (Å²) in [7, 11) is -3.29. The van der Waals surface area contributed by atoms with E-state index in [0.717, 1.165) is 82.7 Å². The number of aromatic nitrogens is 4. The van der Waals surface area contributed by atoms with Crippen LogP contribution in [0.3, 0.4) is 0 Å². The van der Waals surface area contributed by atoms with Gasteiger partial charge in [0, 0.05) is 54.8 Å². The molecule has 0 radical (unpaired) electrons. The van der Waals surface area contributed by atoms with Crippen LogP contribution in [-0.4, -0.2) is 19.5 Å². The van der Waals surface area contributed by atoms with Gasteiger partial charge in [-0.15, -0.1) is 0 Å². The Hall–Kier alpha value is -7.46. The summed E-state index contributed by atoms with van der Waals surface area (Å²) in [6.45, 7) is 0. The Morgan fingerprint density at radius 2 is 0.797 bits per heavy atom. The molecule has 5 nitrogen and oxygen atoms in total. The van der Waals surface area contributed by atoms with Crippen LogP contribution in [0.1, 0.15) is 0 Å². The minimum absolute atomic E-state index is 0.590. The summed E-state index contributed by atoms with van der Waals surface area (Å²) in [4.78, 5) is 15.1. The van der Waals surface area contributed by atoms with Crippen LogP contribution < -0.4 is 15.9 Å². The zero-order valence-corrected chi connectivity index (χ0v) is 32.7. The van der Waals surface area contributed by atoms with Crippen LogP contribution >= 0.6 is 7.14 Å². The molecule has 0 spiro atoms. The van der Waals surface area contributed by atoms with Crippen LogP contribution in [0.5, 0.6) is 0 Å². The average molecular weight is 775 g/mol. The van der Waals surface area contributed by atoms with Gasteiger partial charge in [-0.05, 0) is 47.0 Å². The van der Waals surface area contributed by atoms with E-state index in [1.54, 1.807) is 0 Å². The van der Waals surface area contributed by atoms with Gasteiger partial charge in [0.25, 0.3) is 0 Å². The first-order valence-electron chi connectivity index (χ1n) is 19.7. The zero-order valence-electron chi connectivity index (χ0n) is 31.9. The molecule has 10 aromatic rings. The van der Waals surface area contributed by atoms with Crippen LogP contribution in [0.15, 0.2) is 212 Å². The van der Waals surface area contributed by atoms with E-state index in [2.05, 4.69) is 138 Å². The van der Waals surface area contributed by atoms with Gasteiger partial charge in [-0.2, -0.15) is 0 Å². The highest BCUT2D eigenvalue weighted by Gasteiger charge is 2.39. The molecule has 0 N–H and O–H groups in total. The van der Waals surface area contributed by atoms with Crippen molar-refractivity contribution < 1.29 is 4.57 Å². The summed E-state index contributed by atoms with van der Waals surface area (Å²) in [6, 6.07) is 72.2. The van der Waals surface area contributed by atoms with Gasteiger partial charge in [-0.1, -0.05) is 182 Å². The highest BCUT2D eigenvalue weighted by molar-refractivity contribution is 7.85. The molecule has 0 aliphatic carbocycles. The van der Waals surface area contributed by atoms with E-state index in [-0.39, 0.29) is 0 Å². The molecule has 1 atom stereocenters. The van der Waals surface area contributed by atoms with E-state index >= 15 is 4.57 Å². The highest BCUT2D eigenvalue weighted by atomic mass is 31.2. The Bertz CT molecular complexity index is 3220. The molecule has 6 heteroatoms. The summed E-state index contributed by atoms with van der Waals surface area (Å²) in [6.07, 6.45) is 0.